The van der Waals surface area contributed by atoms with Crippen molar-refractivity contribution in [3.05, 3.63) is 75.1 Å². The zero-order valence-corrected chi connectivity index (χ0v) is 21.0. The maximum Gasteiger partial charge on any atom is 0.416 e. The molecule has 0 bridgehead atoms. The molecule has 1 aromatic heterocycles. The van der Waals surface area contributed by atoms with Gasteiger partial charge in [0.2, 0.25) is 0 Å². The number of amides is 2. The number of nitrogens with zero attached hydrogens (tertiary/aromatic N) is 3. The van der Waals surface area contributed by atoms with Crippen LogP contribution in [0.4, 0.5) is 18.0 Å². The molecule has 0 N–H and O–H groups in total. The molecule has 2 aromatic carbocycles. The summed E-state index contributed by atoms with van der Waals surface area (Å²) in [6, 6.07) is 12.7. The topological polar surface area (TPSA) is 45.7 Å². The molecule has 190 valence electrons. The Balaban J connectivity index is 1.41. The first-order valence-corrected chi connectivity index (χ1v) is 13.0. The molecule has 0 aliphatic carbocycles. The smallest absolute Gasteiger partial charge is 0.378 e. The Hall–Kier alpha value is -2.62. The van der Waals surface area contributed by atoms with E-state index in [4.69, 9.17) is 21.3 Å². The number of carbonyl (C=O) groups excluding carboxylic acids is 1. The SMILES string of the molecule is O=C(N1CCOCC1)N1CC(c2ccc(C(F)(F)F)cc2)CC(c2nc(-c3ccc(Cl)cc3)cs2)C1. The van der Waals surface area contributed by atoms with E-state index in [9.17, 15) is 18.0 Å². The van der Waals surface area contributed by atoms with E-state index in [1.54, 1.807) is 16.2 Å². The Kier molecular flexibility index (Phi) is 7.23. The third-order valence-electron chi connectivity index (χ3n) is 6.72. The van der Waals surface area contributed by atoms with Crippen molar-refractivity contribution < 1.29 is 22.7 Å². The molecule has 0 radical (unpaired) electrons. The zero-order chi connectivity index (χ0) is 25.3. The van der Waals surface area contributed by atoms with Gasteiger partial charge in [-0.3, -0.25) is 0 Å². The highest BCUT2D eigenvalue weighted by Gasteiger charge is 2.36. The quantitative estimate of drug-likeness (QED) is 0.384. The van der Waals surface area contributed by atoms with Crippen LogP contribution in [0.5, 0.6) is 0 Å². The summed E-state index contributed by atoms with van der Waals surface area (Å²) in [4.78, 5) is 21.9. The summed E-state index contributed by atoms with van der Waals surface area (Å²) in [5.41, 5.74) is 1.92. The van der Waals surface area contributed by atoms with Crippen molar-refractivity contribution in [2.24, 2.45) is 0 Å². The number of urea groups is 1. The Morgan fingerprint density at radius 2 is 1.64 bits per heavy atom. The van der Waals surface area contributed by atoms with Gasteiger partial charge in [-0.15, -0.1) is 11.3 Å². The van der Waals surface area contributed by atoms with Crippen molar-refractivity contribution in [3.8, 4) is 11.3 Å². The van der Waals surface area contributed by atoms with Crippen LogP contribution < -0.4 is 0 Å². The third kappa shape index (κ3) is 5.53. The molecule has 2 amide bonds. The van der Waals surface area contributed by atoms with Crippen LogP contribution in [0.25, 0.3) is 11.3 Å². The second kappa shape index (κ2) is 10.4. The molecule has 36 heavy (non-hydrogen) atoms. The highest BCUT2D eigenvalue weighted by molar-refractivity contribution is 7.10. The predicted octanol–water partition coefficient (Wildman–Crippen LogP) is 6.51. The first-order chi connectivity index (χ1) is 17.3. The Bertz CT molecular complexity index is 1190. The van der Waals surface area contributed by atoms with Crippen molar-refractivity contribution in [3.63, 3.8) is 0 Å². The molecule has 2 saturated heterocycles. The van der Waals surface area contributed by atoms with Gasteiger partial charge in [0.05, 0.1) is 29.5 Å². The summed E-state index contributed by atoms with van der Waals surface area (Å²) in [5, 5.41) is 3.56. The maximum absolute atomic E-state index is 13.4. The predicted molar refractivity (Wildman–Crippen MR) is 133 cm³/mol. The minimum atomic E-state index is -4.38. The summed E-state index contributed by atoms with van der Waals surface area (Å²) >= 11 is 7.56. The van der Waals surface area contributed by atoms with E-state index < -0.39 is 11.7 Å². The fourth-order valence-corrected chi connectivity index (χ4v) is 5.86. The van der Waals surface area contributed by atoms with Crippen LogP contribution in [-0.4, -0.2) is 60.2 Å². The number of alkyl halides is 3. The van der Waals surface area contributed by atoms with Crippen molar-refractivity contribution in [1.82, 2.24) is 14.8 Å². The number of hydrogen-bond donors (Lipinski definition) is 0. The van der Waals surface area contributed by atoms with Gasteiger partial charge in [-0.25, -0.2) is 9.78 Å². The van der Waals surface area contributed by atoms with Gasteiger partial charge in [-0.05, 0) is 36.2 Å². The van der Waals surface area contributed by atoms with Crippen molar-refractivity contribution in [2.45, 2.75) is 24.4 Å². The summed E-state index contributed by atoms with van der Waals surface area (Å²) in [6.45, 7) is 3.03. The number of rotatable bonds is 3. The lowest BCUT2D eigenvalue weighted by Gasteiger charge is -2.40. The third-order valence-corrected chi connectivity index (χ3v) is 7.98. The number of ether oxygens (including phenoxy) is 1. The standard InChI is InChI=1S/C26H25ClF3N3O2S/c27-22-7-3-18(4-8-22)23-16-36-24(31-23)20-13-19(17-1-5-21(6-2-17)26(28,29)30)14-33(15-20)25(34)32-9-11-35-12-10-32/h1-8,16,19-20H,9-15H2. The summed E-state index contributed by atoms with van der Waals surface area (Å²) in [7, 11) is 0. The number of morpholine rings is 1. The normalized spacial score (nSPS) is 21.0. The van der Waals surface area contributed by atoms with E-state index in [0.717, 1.165) is 34.0 Å². The van der Waals surface area contributed by atoms with Crippen LogP contribution in [0.1, 0.15) is 34.4 Å². The number of benzene rings is 2. The molecular weight excluding hydrogens is 511 g/mol. The van der Waals surface area contributed by atoms with Gasteiger partial charge in [0.1, 0.15) is 0 Å². The van der Waals surface area contributed by atoms with Crippen LogP contribution in [0, 0.1) is 0 Å². The van der Waals surface area contributed by atoms with Crippen LogP contribution >= 0.6 is 22.9 Å². The summed E-state index contributed by atoms with van der Waals surface area (Å²) < 4.78 is 44.7. The lowest BCUT2D eigenvalue weighted by Crippen LogP contribution is -2.52. The molecule has 0 saturated carbocycles. The molecule has 3 heterocycles. The van der Waals surface area contributed by atoms with E-state index in [0.29, 0.717) is 50.8 Å². The van der Waals surface area contributed by atoms with Crippen LogP contribution in [0.2, 0.25) is 5.02 Å². The van der Waals surface area contributed by atoms with E-state index in [2.05, 4.69) is 0 Å². The first-order valence-electron chi connectivity index (χ1n) is 11.8. The van der Waals surface area contributed by atoms with Crippen LogP contribution in [0.3, 0.4) is 0 Å². The maximum atomic E-state index is 13.4. The molecule has 5 nitrogen and oxygen atoms in total. The number of aromatic nitrogens is 1. The Morgan fingerprint density at radius 1 is 0.972 bits per heavy atom. The van der Waals surface area contributed by atoms with Gasteiger partial charge in [0.15, 0.2) is 0 Å². The second-order valence-electron chi connectivity index (χ2n) is 9.11. The number of hydrogen-bond acceptors (Lipinski definition) is 4. The molecule has 2 aliphatic heterocycles. The highest BCUT2D eigenvalue weighted by atomic mass is 35.5. The number of thiazole rings is 1. The second-order valence-corrected chi connectivity index (χ2v) is 10.4. The molecule has 5 rings (SSSR count). The molecule has 2 fully saturated rings. The monoisotopic (exact) mass is 535 g/mol. The average Bonchev–Trinajstić information content (AvgIpc) is 3.39. The lowest BCUT2D eigenvalue weighted by atomic mass is 9.84. The van der Waals surface area contributed by atoms with Crippen LogP contribution in [-0.2, 0) is 10.9 Å². The molecule has 2 atom stereocenters. The largest absolute Gasteiger partial charge is 0.416 e. The molecule has 2 unspecified atom stereocenters. The van der Waals surface area contributed by atoms with Crippen molar-refractivity contribution in [1.29, 1.82) is 0 Å². The molecule has 10 heteroatoms. The van der Waals surface area contributed by atoms with Crippen molar-refractivity contribution in [2.75, 3.05) is 39.4 Å². The zero-order valence-electron chi connectivity index (χ0n) is 19.4. The Labute approximate surface area is 216 Å². The van der Waals surface area contributed by atoms with Gasteiger partial charge in [0, 0.05) is 54.0 Å². The van der Waals surface area contributed by atoms with Gasteiger partial charge in [0.25, 0.3) is 0 Å². The number of piperidine rings is 1. The van der Waals surface area contributed by atoms with E-state index >= 15 is 0 Å². The van der Waals surface area contributed by atoms with Gasteiger partial charge in [-0.1, -0.05) is 35.9 Å². The number of likely N-dealkylation sites (tertiary alicyclic amines) is 1. The minimum Gasteiger partial charge on any atom is -0.378 e. The van der Waals surface area contributed by atoms with Gasteiger partial charge >= 0.3 is 12.2 Å². The summed E-state index contributed by atoms with van der Waals surface area (Å²) in [6.07, 6.45) is -3.68. The number of halogens is 4. The first kappa shape index (κ1) is 25.0. The van der Waals surface area contributed by atoms with Crippen molar-refractivity contribution >= 4 is 29.0 Å². The average molecular weight is 536 g/mol. The van der Waals surface area contributed by atoms with E-state index in [1.807, 2.05) is 34.5 Å². The summed E-state index contributed by atoms with van der Waals surface area (Å²) in [5.74, 6) is -0.124. The molecular formula is C26H25ClF3N3O2S. The fourth-order valence-electron chi connectivity index (χ4n) is 4.80. The van der Waals surface area contributed by atoms with E-state index in [1.165, 1.54) is 12.1 Å². The highest BCUT2D eigenvalue weighted by Crippen LogP contribution is 2.39. The molecule has 2 aliphatic rings. The van der Waals surface area contributed by atoms with E-state index in [-0.39, 0.29) is 17.9 Å². The lowest BCUT2D eigenvalue weighted by molar-refractivity contribution is -0.137. The Morgan fingerprint density at radius 3 is 2.31 bits per heavy atom. The van der Waals surface area contributed by atoms with Gasteiger partial charge < -0.3 is 14.5 Å². The number of carbonyl (C=O) groups is 1. The fraction of sp³-hybridized carbons (Fsp3) is 0.385. The van der Waals surface area contributed by atoms with Crippen LogP contribution in [0.15, 0.2) is 53.9 Å². The minimum absolute atomic E-state index is 0.0258. The molecule has 3 aromatic rings. The van der Waals surface area contributed by atoms with Gasteiger partial charge in [-0.2, -0.15) is 13.2 Å². The molecule has 0 spiro atoms.